The Bertz CT molecular complexity index is 799. The van der Waals surface area contributed by atoms with Crippen LogP contribution in [0.5, 0.6) is 0 Å². The normalized spacial score (nSPS) is 28.8. The average molecular weight is 332 g/mol. The van der Waals surface area contributed by atoms with Gasteiger partial charge in [0.05, 0.1) is 5.92 Å². The molecule has 2 atom stereocenters. The van der Waals surface area contributed by atoms with E-state index in [2.05, 4.69) is 0 Å². The number of hydrogen-bond donors (Lipinski definition) is 0. The molecule has 2 heterocycles. The molecule has 4 rings (SSSR count). The Hall–Kier alpha value is -2.27. The number of Topliss-reactive ketones (excluding diaryl/α,β-unsaturated/α-hetero) is 2. The zero-order valence-corrected chi connectivity index (χ0v) is 13.2. The molecule has 0 radical (unpaired) electrons. The molecule has 118 valence electrons. The predicted octanol–water partition coefficient (Wildman–Crippen LogP) is 1.30. The van der Waals surface area contributed by atoms with Crippen LogP contribution in [-0.4, -0.2) is 34.6 Å². The fourth-order valence-corrected chi connectivity index (χ4v) is 3.78. The van der Waals surface area contributed by atoms with E-state index in [0.29, 0.717) is 12.2 Å². The van der Waals surface area contributed by atoms with Gasteiger partial charge in [-0.05, 0) is 24.6 Å². The third-order valence-corrected chi connectivity index (χ3v) is 4.81. The van der Waals surface area contributed by atoms with Crippen molar-refractivity contribution in [2.24, 2.45) is 11.8 Å². The molecule has 0 N–H and O–H groups in total. The number of hydrogen-bond acceptors (Lipinski definition) is 5. The molecule has 0 aromatic carbocycles. The molecule has 0 bridgehead atoms. The maximum atomic E-state index is 12.2. The van der Waals surface area contributed by atoms with Crippen LogP contribution in [0.15, 0.2) is 46.8 Å². The number of rotatable bonds is 0. The van der Waals surface area contributed by atoms with Gasteiger partial charge in [0, 0.05) is 36.4 Å². The van der Waals surface area contributed by atoms with Gasteiger partial charge < -0.3 is 4.90 Å². The van der Waals surface area contributed by atoms with E-state index in [9.17, 15) is 19.2 Å². The molecular weight excluding hydrogens is 318 g/mol. The Kier molecular flexibility index (Phi) is 3.48. The van der Waals surface area contributed by atoms with Crippen molar-refractivity contribution in [2.75, 3.05) is 6.54 Å². The van der Waals surface area contributed by atoms with E-state index in [1.165, 1.54) is 12.2 Å². The molecule has 0 aromatic heterocycles. The molecule has 23 heavy (non-hydrogen) atoms. The molecule has 2 aliphatic carbocycles. The van der Waals surface area contributed by atoms with E-state index in [1.807, 2.05) is 24.0 Å². The van der Waals surface area contributed by atoms with Crippen LogP contribution in [-0.2, 0) is 19.2 Å². The van der Waals surface area contributed by atoms with Crippen LogP contribution >= 0.6 is 12.4 Å². The van der Waals surface area contributed by atoms with Crippen LogP contribution in [0, 0.1) is 11.8 Å². The van der Waals surface area contributed by atoms with Gasteiger partial charge in [0.1, 0.15) is 0 Å². The number of fused-ring (bicyclic) bond motifs is 5. The summed E-state index contributed by atoms with van der Waals surface area (Å²) in [6.07, 6.45) is 6.62. The van der Waals surface area contributed by atoms with Crippen LogP contribution in [0.1, 0.15) is 13.3 Å². The highest BCUT2D eigenvalue weighted by Crippen LogP contribution is 2.46. The maximum absolute atomic E-state index is 12.2. The van der Waals surface area contributed by atoms with Gasteiger partial charge in [-0.2, -0.15) is 0 Å². The summed E-state index contributed by atoms with van der Waals surface area (Å²) in [6, 6.07) is 0. The highest BCUT2D eigenvalue weighted by Gasteiger charge is 2.48. The molecule has 0 saturated carbocycles. The molecule has 6 heteroatoms. The van der Waals surface area contributed by atoms with Crippen LogP contribution in [0.4, 0.5) is 0 Å². The lowest BCUT2D eigenvalue weighted by Crippen LogP contribution is -2.33. The molecule has 1 saturated heterocycles. The third-order valence-electron chi connectivity index (χ3n) is 4.81. The summed E-state index contributed by atoms with van der Waals surface area (Å²) in [7, 11) is 0. The molecule has 1 fully saturated rings. The van der Waals surface area contributed by atoms with Gasteiger partial charge in [0.15, 0.2) is 0 Å². The highest BCUT2D eigenvalue weighted by molar-refractivity contribution is 6.44. The average Bonchev–Trinajstić information content (AvgIpc) is 2.87. The monoisotopic (exact) mass is 331 g/mol. The Balaban J connectivity index is 0.00000156. The van der Waals surface area contributed by atoms with E-state index < -0.39 is 23.3 Å². The fourth-order valence-electron chi connectivity index (χ4n) is 3.78. The first-order chi connectivity index (χ1) is 10.5. The minimum atomic E-state index is -0.502. The molecule has 0 aromatic rings. The van der Waals surface area contributed by atoms with Crippen molar-refractivity contribution in [1.82, 2.24) is 4.90 Å². The molecule has 2 aliphatic heterocycles. The van der Waals surface area contributed by atoms with Crippen LogP contribution < -0.4 is 0 Å². The van der Waals surface area contributed by atoms with Gasteiger partial charge >= 0.3 is 0 Å². The first kappa shape index (κ1) is 15.6. The first-order valence-corrected chi connectivity index (χ1v) is 7.21. The summed E-state index contributed by atoms with van der Waals surface area (Å²) in [5.41, 5.74) is 3.30. The summed E-state index contributed by atoms with van der Waals surface area (Å²) in [5.74, 6) is -2.24. The van der Waals surface area contributed by atoms with E-state index >= 15 is 0 Å². The summed E-state index contributed by atoms with van der Waals surface area (Å²) < 4.78 is 0. The summed E-state index contributed by atoms with van der Waals surface area (Å²) >= 11 is 0. The molecule has 0 spiro atoms. The Labute approximate surface area is 138 Å². The Morgan fingerprint density at radius 2 is 1.78 bits per heavy atom. The van der Waals surface area contributed by atoms with Gasteiger partial charge in [0.2, 0.25) is 23.1 Å². The largest absolute Gasteiger partial charge is 0.343 e. The van der Waals surface area contributed by atoms with Gasteiger partial charge in [-0.15, -0.1) is 12.4 Å². The molecule has 0 amide bonds. The Morgan fingerprint density at radius 1 is 1.04 bits per heavy atom. The van der Waals surface area contributed by atoms with Crippen LogP contribution in [0.2, 0.25) is 0 Å². The summed E-state index contributed by atoms with van der Waals surface area (Å²) in [4.78, 5) is 49.1. The number of carbonyl (C=O) groups is 4. The zero-order chi connectivity index (χ0) is 15.6. The fraction of sp³-hybridized carbons (Fsp3) is 0.294. The van der Waals surface area contributed by atoms with Crippen molar-refractivity contribution in [3.8, 4) is 0 Å². The lowest BCUT2D eigenvalue weighted by Gasteiger charge is -2.31. The second kappa shape index (κ2) is 5.13. The lowest BCUT2D eigenvalue weighted by atomic mass is 9.78. The first-order valence-electron chi connectivity index (χ1n) is 7.21. The van der Waals surface area contributed by atoms with Crippen LogP contribution in [0.25, 0.3) is 0 Å². The van der Waals surface area contributed by atoms with Crippen molar-refractivity contribution in [3.63, 3.8) is 0 Å². The van der Waals surface area contributed by atoms with Gasteiger partial charge in [-0.1, -0.05) is 11.6 Å². The number of allylic oxidation sites excluding steroid dienone is 6. The van der Waals surface area contributed by atoms with E-state index in [4.69, 9.17) is 0 Å². The van der Waals surface area contributed by atoms with Gasteiger partial charge in [-0.25, -0.2) is 0 Å². The topological polar surface area (TPSA) is 71.5 Å². The minimum absolute atomic E-state index is 0. The highest BCUT2D eigenvalue weighted by atomic mass is 35.5. The van der Waals surface area contributed by atoms with Crippen molar-refractivity contribution >= 4 is 35.5 Å². The number of nitrogens with zero attached hydrogens (tertiary/aromatic N) is 1. The number of carbonyl (C=O) groups excluding carboxylic acids is 4. The van der Waals surface area contributed by atoms with Crippen LogP contribution in [0.3, 0.4) is 0 Å². The summed E-state index contributed by atoms with van der Waals surface area (Å²) in [6.45, 7) is 2.24. The van der Waals surface area contributed by atoms with E-state index in [-0.39, 0.29) is 30.5 Å². The second-order valence-electron chi connectivity index (χ2n) is 6.09. The van der Waals surface area contributed by atoms with Crippen molar-refractivity contribution in [3.05, 3.63) is 46.8 Å². The quantitative estimate of drug-likeness (QED) is 0.626. The van der Waals surface area contributed by atoms with E-state index in [1.54, 1.807) is 0 Å². The van der Waals surface area contributed by atoms with Gasteiger partial charge in [-0.3, -0.25) is 19.2 Å². The Morgan fingerprint density at radius 3 is 2.52 bits per heavy atom. The van der Waals surface area contributed by atoms with Crippen molar-refractivity contribution in [2.45, 2.75) is 13.3 Å². The minimum Gasteiger partial charge on any atom is -0.343 e. The standard InChI is InChI=1S/C17H13NO4.ClH/c1-8-4-15(21)17(22)10-7-18-11(16(8)10)3-2-9-5-13(19)14(20)6-12(9)18;/h2-4,6,10,16H,5,7H2,1H3;1H. The van der Waals surface area contributed by atoms with Crippen molar-refractivity contribution in [1.29, 1.82) is 0 Å². The molecule has 5 nitrogen and oxygen atoms in total. The lowest BCUT2D eigenvalue weighted by molar-refractivity contribution is -0.137. The maximum Gasteiger partial charge on any atom is 0.223 e. The zero-order valence-electron chi connectivity index (χ0n) is 12.4. The second-order valence-corrected chi connectivity index (χ2v) is 6.09. The third kappa shape index (κ3) is 2.07. The SMILES string of the molecule is CC1=CC(=O)C(=O)C2CN3C4=CC(=O)C(=O)CC4=CC=C3C12.Cl. The predicted molar refractivity (Wildman–Crippen MR) is 83.6 cm³/mol. The smallest absolute Gasteiger partial charge is 0.223 e. The number of halogens is 1. The number of ketones is 4. The van der Waals surface area contributed by atoms with E-state index in [0.717, 1.165) is 16.8 Å². The van der Waals surface area contributed by atoms with Gasteiger partial charge in [0.25, 0.3) is 0 Å². The van der Waals surface area contributed by atoms with Crippen molar-refractivity contribution < 1.29 is 19.2 Å². The summed E-state index contributed by atoms with van der Waals surface area (Å²) in [5, 5.41) is 0. The molecule has 4 aliphatic rings. The molecular formula is C17H14ClNO4. The molecule has 2 unspecified atom stereocenters.